The van der Waals surface area contributed by atoms with Crippen LogP contribution in [0.2, 0.25) is 0 Å². The van der Waals surface area contributed by atoms with Crippen molar-refractivity contribution in [2.45, 2.75) is 26.1 Å². The predicted octanol–water partition coefficient (Wildman–Crippen LogP) is 4.84. The minimum atomic E-state index is -0.622. The van der Waals surface area contributed by atoms with Gasteiger partial charge in [-0.1, -0.05) is 66.7 Å². The second-order valence-corrected chi connectivity index (χ2v) is 6.99. The Bertz CT molecular complexity index is 891. The molecule has 3 aromatic rings. The van der Waals surface area contributed by atoms with Gasteiger partial charge in [0.15, 0.2) is 0 Å². The lowest BCUT2D eigenvalue weighted by atomic mass is 10.1. The van der Waals surface area contributed by atoms with Crippen LogP contribution in [0.15, 0.2) is 78.9 Å². The van der Waals surface area contributed by atoms with E-state index in [1.54, 1.807) is 11.8 Å². The average Bonchev–Trinajstić information content (AvgIpc) is 2.73. The molecule has 0 aliphatic carbocycles. The van der Waals surface area contributed by atoms with Gasteiger partial charge in [-0.25, -0.2) is 8.78 Å². The number of benzene rings is 3. The van der Waals surface area contributed by atoms with Crippen LogP contribution in [0.5, 0.6) is 0 Å². The number of rotatable bonds is 8. The van der Waals surface area contributed by atoms with Crippen molar-refractivity contribution in [1.29, 1.82) is 0 Å². The Morgan fingerprint density at radius 2 is 1.45 bits per heavy atom. The zero-order chi connectivity index (χ0) is 20.6. The van der Waals surface area contributed by atoms with E-state index in [1.807, 2.05) is 60.7 Å². The van der Waals surface area contributed by atoms with Crippen LogP contribution in [0.3, 0.4) is 0 Å². The molecule has 1 atom stereocenters. The lowest BCUT2D eigenvalue weighted by Crippen LogP contribution is -2.38. The number of amides is 1. The molecule has 3 nitrogen and oxygen atoms in total. The summed E-state index contributed by atoms with van der Waals surface area (Å²) in [4.78, 5) is 14.7. The van der Waals surface area contributed by atoms with Crippen molar-refractivity contribution in [1.82, 2.24) is 10.2 Å². The van der Waals surface area contributed by atoms with Crippen LogP contribution in [0.25, 0.3) is 0 Å². The van der Waals surface area contributed by atoms with Crippen LogP contribution in [-0.4, -0.2) is 17.4 Å². The first-order chi connectivity index (χ1) is 14.0. The van der Waals surface area contributed by atoms with E-state index >= 15 is 0 Å². The summed E-state index contributed by atoms with van der Waals surface area (Å²) in [6, 6.07) is 22.6. The van der Waals surface area contributed by atoms with Gasteiger partial charge >= 0.3 is 0 Å². The second kappa shape index (κ2) is 9.94. The van der Waals surface area contributed by atoms with Gasteiger partial charge in [0, 0.05) is 30.8 Å². The lowest BCUT2D eigenvalue weighted by Gasteiger charge is -2.24. The second-order valence-electron chi connectivity index (χ2n) is 6.99. The fraction of sp³-hybridized carbons (Fsp3) is 0.208. The standard InChI is InChI=1S/C24H24F2N2O/c1-18(22-13-12-21(25)14-23(22)26)27-15-24(29)28(16-19-8-4-2-5-9-19)17-20-10-6-3-7-11-20/h2-14,18,27H,15-17H2,1H3/t18-/m1/s1. The van der Waals surface area contributed by atoms with E-state index in [4.69, 9.17) is 0 Å². The Morgan fingerprint density at radius 3 is 1.97 bits per heavy atom. The molecule has 3 aromatic carbocycles. The molecule has 0 saturated heterocycles. The average molecular weight is 394 g/mol. The summed E-state index contributed by atoms with van der Waals surface area (Å²) < 4.78 is 27.1. The van der Waals surface area contributed by atoms with Crippen molar-refractivity contribution in [3.05, 3.63) is 107 Å². The number of hydrogen-bond acceptors (Lipinski definition) is 2. The molecule has 0 saturated carbocycles. The SMILES string of the molecule is C[C@@H](NCC(=O)N(Cc1ccccc1)Cc1ccccc1)c1ccc(F)cc1F. The number of halogens is 2. The van der Waals surface area contributed by atoms with E-state index in [0.717, 1.165) is 17.2 Å². The van der Waals surface area contributed by atoms with Crippen molar-refractivity contribution in [3.8, 4) is 0 Å². The Labute approximate surface area is 170 Å². The van der Waals surface area contributed by atoms with Gasteiger partial charge in [0.25, 0.3) is 0 Å². The first kappa shape index (κ1) is 20.7. The number of carbonyl (C=O) groups excluding carboxylic acids is 1. The third-order valence-corrected chi connectivity index (χ3v) is 4.77. The smallest absolute Gasteiger partial charge is 0.237 e. The van der Waals surface area contributed by atoms with E-state index in [-0.39, 0.29) is 12.5 Å². The molecule has 0 spiro atoms. The summed E-state index contributed by atoms with van der Waals surface area (Å²) in [7, 11) is 0. The van der Waals surface area contributed by atoms with Crippen LogP contribution in [-0.2, 0) is 17.9 Å². The largest absolute Gasteiger partial charge is 0.333 e. The van der Waals surface area contributed by atoms with Gasteiger partial charge < -0.3 is 10.2 Å². The van der Waals surface area contributed by atoms with Crippen LogP contribution in [0, 0.1) is 11.6 Å². The maximum absolute atomic E-state index is 14.0. The molecule has 0 aromatic heterocycles. The van der Waals surface area contributed by atoms with Gasteiger partial charge in [0.2, 0.25) is 5.91 Å². The zero-order valence-corrected chi connectivity index (χ0v) is 16.3. The molecule has 1 N–H and O–H groups in total. The number of nitrogens with one attached hydrogen (secondary N) is 1. The molecule has 3 rings (SSSR count). The highest BCUT2D eigenvalue weighted by atomic mass is 19.1. The highest BCUT2D eigenvalue weighted by molar-refractivity contribution is 5.78. The van der Waals surface area contributed by atoms with Gasteiger partial charge in [-0.05, 0) is 24.1 Å². The number of hydrogen-bond donors (Lipinski definition) is 1. The fourth-order valence-corrected chi connectivity index (χ4v) is 3.15. The quantitative estimate of drug-likeness (QED) is 0.593. The molecule has 0 bridgehead atoms. The van der Waals surface area contributed by atoms with Crippen molar-refractivity contribution in [2.75, 3.05) is 6.54 Å². The Hall–Kier alpha value is -3.05. The molecule has 5 heteroatoms. The van der Waals surface area contributed by atoms with Crippen molar-refractivity contribution in [2.24, 2.45) is 0 Å². The van der Waals surface area contributed by atoms with Gasteiger partial charge in [-0.2, -0.15) is 0 Å². The maximum atomic E-state index is 14.0. The first-order valence-electron chi connectivity index (χ1n) is 9.57. The van der Waals surface area contributed by atoms with Gasteiger partial charge in [0.1, 0.15) is 11.6 Å². The van der Waals surface area contributed by atoms with E-state index in [0.29, 0.717) is 18.7 Å². The molecule has 150 valence electrons. The molecular formula is C24H24F2N2O. The van der Waals surface area contributed by atoms with Gasteiger partial charge in [0.05, 0.1) is 6.54 Å². The molecular weight excluding hydrogens is 370 g/mol. The van der Waals surface area contributed by atoms with Crippen molar-refractivity contribution in [3.63, 3.8) is 0 Å². The molecule has 29 heavy (non-hydrogen) atoms. The van der Waals surface area contributed by atoms with E-state index < -0.39 is 17.7 Å². The van der Waals surface area contributed by atoms with E-state index in [9.17, 15) is 13.6 Å². The predicted molar refractivity (Wildman–Crippen MR) is 110 cm³/mol. The monoisotopic (exact) mass is 394 g/mol. The third kappa shape index (κ3) is 5.96. The van der Waals surface area contributed by atoms with Crippen LogP contribution >= 0.6 is 0 Å². The molecule has 0 fully saturated rings. The fourth-order valence-electron chi connectivity index (χ4n) is 3.15. The molecule has 0 heterocycles. The molecule has 0 aliphatic rings. The summed E-state index contributed by atoms with van der Waals surface area (Å²) in [5.74, 6) is -1.33. The molecule has 0 unspecified atom stereocenters. The Balaban J connectivity index is 1.68. The van der Waals surface area contributed by atoms with Gasteiger partial charge in [-0.3, -0.25) is 4.79 Å². The topological polar surface area (TPSA) is 32.3 Å². The van der Waals surface area contributed by atoms with Crippen LogP contribution in [0.1, 0.15) is 29.7 Å². The molecule has 0 radical (unpaired) electrons. The summed E-state index contributed by atoms with van der Waals surface area (Å²) in [5, 5.41) is 3.06. The first-order valence-corrected chi connectivity index (χ1v) is 9.57. The summed E-state index contributed by atoms with van der Waals surface area (Å²) >= 11 is 0. The number of carbonyl (C=O) groups is 1. The number of nitrogens with zero attached hydrogens (tertiary/aromatic N) is 1. The molecule has 1 amide bonds. The molecule has 0 aliphatic heterocycles. The highest BCUT2D eigenvalue weighted by Crippen LogP contribution is 2.18. The minimum absolute atomic E-state index is 0.0532. The van der Waals surface area contributed by atoms with E-state index in [2.05, 4.69) is 5.32 Å². The third-order valence-electron chi connectivity index (χ3n) is 4.77. The maximum Gasteiger partial charge on any atom is 0.237 e. The zero-order valence-electron chi connectivity index (χ0n) is 16.3. The van der Waals surface area contributed by atoms with E-state index in [1.165, 1.54) is 12.1 Å². The summed E-state index contributed by atoms with van der Waals surface area (Å²) in [6.07, 6.45) is 0. The van der Waals surface area contributed by atoms with Crippen LogP contribution in [0.4, 0.5) is 8.78 Å². The van der Waals surface area contributed by atoms with Crippen LogP contribution < -0.4 is 5.32 Å². The minimum Gasteiger partial charge on any atom is -0.333 e. The Kier molecular flexibility index (Phi) is 7.09. The normalized spacial score (nSPS) is 11.8. The highest BCUT2D eigenvalue weighted by Gasteiger charge is 2.17. The Morgan fingerprint density at radius 1 is 0.897 bits per heavy atom. The van der Waals surface area contributed by atoms with Crippen molar-refractivity contribution >= 4 is 5.91 Å². The summed E-state index contributed by atoms with van der Waals surface area (Å²) in [6.45, 7) is 2.77. The summed E-state index contributed by atoms with van der Waals surface area (Å²) in [5.41, 5.74) is 2.40. The lowest BCUT2D eigenvalue weighted by molar-refractivity contribution is -0.131. The van der Waals surface area contributed by atoms with Crippen molar-refractivity contribution < 1.29 is 13.6 Å². The van der Waals surface area contributed by atoms with Gasteiger partial charge in [-0.15, -0.1) is 0 Å².